The van der Waals surface area contributed by atoms with Crippen molar-refractivity contribution in [1.82, 2.24) is 0 Å². The third-order valence-electron chi connectivity index (χ3n) is 3.72. The molecule has 0 heterocycles. The van der Waals surface area contributed by atoms with Crippen molar-refractivity contribution in [3.8, 4) is 0 Å². The molecule has 1 fully saturated rings. The molecule has 1 aliphatic carbocycles. The third kappa shape index (κ3) is 3.91. The van der Waals surface area contributed by atoms with Gasteiger partial charge in [0, 0.05) is 12.5 Å². The molecule has 2 rings (SSSR count). The van der Waals surface area contributed by atoms with Crippen molar-refractivity contribution >= 4 is 11.8 Å². The zero-order valence-electron chi connectivity index (χ0n) is 11.4. The van der Waals surface area contributed by atoms with Crippen LogP contribution in [0.4, 0.5) is 0 Å². The summed E-state index contributed by atoms with van der Waals surface area (Å²) < 4.78 is 4.72. The molecule has 0 amide bonds. The zero-order valence-corrected chi connectivity index (χ0v) is 11.4. The Hall–Kier alpha value is -1.64. The lowest BCUT2D eigenvalue weighted by molar-refractivity contribution is -0.139. The summed E-state index contributed by atoms with van der Waals surface area (Å²) in [5, 5.41) is 0. The van der Waals surface area contributed by atoms with Crippen molar-refractivity contribution in [3.63, 3.8) is 0 Å². The van der Waals surface area contributed by atoms with Gasteiger partial charge in [0.2, 0.25) is 0 Å². The molecule has 1 aromatic rings. The van der Waals surface area contributed by atoms with Gasteiger partial charge in [-0.3, -0.25) is 9.59 Å². The second-order valence-electron chi connectivity index (χ2n) is 5.16. The lowest BCUT2D eigenvalue weighted by atomic mass is 9.84. The van der Waals surface area contributed by atoms with Crippen molar-refractivity contribution in [2.24, 2.45) is 0 Å². The predicted octanol–water partition coefficient (Wildman–Crippen LogP) is 3.48. The lowest BCUT2D eigenvalue weighted by Crippen LogP contribution is -2.12. The molecule has 19 heavy (non-hydrogen) atoms. The Morgan fingerprint density at radius 1 is 1.11 bits per heavy atom. The van der Waals surface area contributed by atoms with Crippen molar-refractivity contribution in [2.75, 3.05) is 6.61 Å². The van der Waals surface area contributed by atoms with Crippen LogP contribution in [0.15, 0.2) is 24.3 Å². The first-order chi connectivity index (χ1) is 9.16. The van der Waals surface area contributed by atoms with E-state index in [4.69, 9.17) is 4.74 Å². The van der Waals surface area contributed by atoms with E-state index in [1.807, 2.05) is 24.3 Å². The molecule has 0 spiro atoms. The number of hydrogen-bond donors (Lipinski definition) is 0. The molecular formula is C16H20O3. The summed E-state index contributed by atoms with van der Waals surface area (Å²) in [4.78, 5) is 22.4. The molecule has 0 saturated heterocycles. The number of ether oxygens (including phenoxy) is 1. The molecule has 0 aliphatic heterocycles. The second kappa shape index (κ2) is 6.50. The summed E-state index contributed by atoms with van der Waals surface area (Å²) in [6, 6.07) is 7.76. The molecule has 0 unspecified atom stereocenters. The highest BCUT2D eigenvalue weighted by atomic mass is 16.5. The average Bonchev–Trinajstić information content (AvgIpc) is 2.46. The van der Waals surface area contributed by atoms with Crippen LogP contribution in [-0.4, -0.2) is 18.4 Å². The summed E-state index contributed by atoms with van der Waals surface area (Å²) >= 11 is 0. The summed E-state index contributed by atoms with van der Waals surface area (Å²) in [5.74, 6) is 0.0731. The molecule has 0 atom stereocenters. The molecule has 1 aromatic carbocycles. The van der Waals surface area contributed by atoms with Crippen LogP contribution in [0.1, 0.15) is 60.9 Å². The summed E-state index contributed by atoms with van der Waals surface area (Å²) in [5.41, 5.74) is 1.93. The van der Waals surface area contributed by atoms with Crippen LogP contribution < -0.4 is 0 Å². The van der Waals surface area contributed by atoms with Gasteiger partial charge in [0.25, 0.3) is 0 Å². The Morgan fingerprint density at radius 2 is 1.74 bits per heavy atom. The molecule has 102 valence electrons. The van der Waals surface area contributed by atoms with E-state index in [1.54, 1.807) is 0 Å². The van der Waals surface area contributed by atoms with Crippen LogP contribution in [0.5, 0.6) is 0 Å². The molecule has 1 aliphatic rings. The number of ketones is 1. The van der Waals surface area contributed by atoms with Crippen LogP contribution in [0.3, 0.4) is 0 Å². The Bertz CT molecular complexity index is 442. The maximum Gasteiger partial charge on any atom is 0.303 e. The fraction of sp³-hybridized carbons (Fsp3) is 0.500. The Labute approximate surface area is 114 Å². The number of hydrogen-bond acceptors (Lipinski definition) is 3. The Morgan fingerprint density at radius 3 is 2.32 bits per heavy atom. The SMILES string of the molecule is CC(=O)OCC(=O)c1ccc(C2CCCCC2)cc1. The van der Waals surface area contributed by atoms with E-state index in [2.05, 4.69) is 0 Å². The van der Waals surface area contributed by atoms with E-state index in [9.17, 15) is 9.59 Å². The fourth-order valence-electron chi connectivity index (χ4n) is 2.63. The van der Waals surface area contributed by atoms with Crippen molar-refractivity contribution in [2.45, 2.75) is 44.9 Å². The third-order valence-corrected chi connectivity index (χ3v) is 3.72. The normalized spacial score (nSPS) is 16.1. The van der Waals surface area contributed by atoms with E-state index in [0.29, 0.717) is 11.5 Å². The van der Waals surface area contributed by atoms with E-state index in [1.165, 1.54) is 44.6 Å². The minimum absolute atomic E-state index is 0.148. The number of carbonyl (C=O) groups is 2. The second-order valence-corrected chi connectivity index (χ2v) is 5.16. The van der Waals surface area contributed by atoms with Gasteiger partial charge in [0.05, 0.1) is 0 Å². The predicted molar refractivity (Wildman–Crippen MR) is 73.2 cm³/mol. The zero-order chi connectivity index (χ0) is 13.7. The highest BCUT2D eigenvalue weighted by Gasteiger charge is 2.16. The molecule has 0 N–H and O–H groups in total. The van der Waals surface area contributed by atoms with Crippen molar-refractivity contribution in [3.05, 3.63) is 35.4 Å². The minimum atomic E-state index is -0.424. The molecule has 0 radical (unpaired) electrons. The monoisotopic (exact) mass is 260 g/mol. The van der Waals surface area contributed by atoms with Crippen molar-refractivity contribution in [1.29, 1.82) is 0 Å². The summed E-state index contributed by atoms with van der Waals surface area (Å²) in [7, 11) is 0. The van der Waals surface area contributed by atoms with E-state index < -0.39 is 5.97 Å². The fourth-order valence-corrected chi connectivity index (χ4v) is 2.63. The van der Waals surface area contributed by atoms with Crippen LogP contribution in [0.25, 0.3) is 0 Å². The van der Waals surface area contributed by atoms with Gasteiger partial charge < -0.3 is 4.74 Å². The Balaban J connectivity index is 1.97. The maximum atomic E-state index is 11.8. The van der Waals surface area contributed by atoms with Gasteiger partial charge in [0.1, 0.15) is 0 Å². The van der Waals surface area contributed by atoms with Gasteiger partial charge in [-0.2, -0.15) is 0 Å². The summed E-state index contributed by atoms with van der Waals surface area (Å²) in [6.45, 7) is 1.14. The number of rotatable bonds is 4. The van der Waals surface area contributed by atoms with Gasteiger partial charge in [-0.1, -0.05) is 43.5 Å². The molecule has 1 saturated carbocycles. The molecule has 0 bridgehead atoms. The largest absolute Gasteiger partial charge is 0.457 e. The average molecular weight is 260 g/mol. The quantitative estimate of drug-likeness (QED) is 0.615. The molecule has 3 heteroatoms. The number of Topliss-reactive ketones (excluding diaryl/α,β-unsaturated/α-hetero) is 1. The topological polar surface area (TPSA) is 43.4 Å². The molecule has 0 aromatic heterocycles. The number of esters is 1. The smallest absolute Gasteiger partial charge is 0.303 e. The van der Waals surface area contributed by atoms with Crippen molar-refractivity contribution < 1.29 is 14.3 Å². The first kappa shape index (κ1) is 13.8. The number of carbonyl (C=O) groups excluding carboxylic acids is 2. The summed E-state index contributed by atoms with van der Waals surface area (Å²) in [6.07, 6.45) is 6.45. The van der Waals surface area contributed by atoms with Gasteiger partial charge in [0.15, 0.2) is 12.4 Å². The van der Waals surface area contributed by atoms with E-state index in [0.717, 1.165) is 0 Å². The van der Waals surface area contributed by atoms with Gasteiger partial charge >= 0.3 is 5.97 Å². The first-order valence-corrected chi connectivity index (χ1v) is 6.93. The van der Waals surface area contributed by atoms with E-state index >= 15 is 0 Å². The van der Waals surface area contributed by atoms with Crippen LogP contribution in [-0.2, 0) is 9.53 Å². The first-order valence-electron chi connectivity index (χ1n) is 6.93. The van der Waals surface area contributed by atoms with Gasteiger partial charge in [-0.25, -0.2) is 0 Å². The van der Waals surface area contributed by atoms with Gasteiger partial charge in [-0.15, -0.1) is 0 Å². The van der Waals surface area contributed by atoms with Gasteiger partial charge in [-0.05, 0) is 24.3 Å². The Kier molecular flexibility index (Phi) is 4.72. The van der Waals surface area contributed by atoms with E-state index in [-0.39, 0.29) is 12.4 Å². The lowest BCUT2D eigenvalue weighted by Gasteiger charge is -2.22. The minimum Gasteiger partial charge on any atom is -0.457 e. The van der Waals surface area contributed by atoms with Crippen LogP contribution in [0.2, 0.25) is 0 Å². The number of benzene rings is 1. The highest BCUT2D eigenvalue weighted by Crippen LogP contribution is 2.32. The molecular weight excluding hydrogens is 240 g/mol. The standard InChI is InChI=1S/C16H20O3/c1-12(17)19-11-16(18)15-9-7-14(8-10-15)13-5-3-2-4-6-13/h7-10,13H,2-6,11H2,1H3. The van der Waals surface area contributed by atoms with Crippen LogP contribution >= 0.6 is 0 Å². The maximum absolute atomic E-state index is 11.8. The molecule has 3 nitrogen and oxygen atoms in total. The van der Waals surface area contributed by atoms with Crippen LogP contribution in [0, 0.1) is 0 Å². The highest BCUT2D eigenvalue weighted by molar-refractivity contribution is 5.97.